The van der Waals surface area contributed by atoms with Gasteiger partial charge in [-0.25, -0.2) is 0 Å². The van der Waals surface area contributed by atoms with Crippen LogP contribution in [-0.2, 0) is 0 Å². The highest BCUT2D eigenvalue weighted by Crippen LogP contribution is 2.12. The van der Waals surface area contributed by atoms with Crippen LogP contribution >= 0.6 is 0 Å². The van der Waals surface area contributed by atoms with Crippen LogP contribution in [0.5, 0.6) is 11.5 Å². The highest BCUT2D eigenvalue weighted by molar-refractivity contribution is 5.45. The molecule has 90 valence electrons. The van der Waals surface area contributed by atoms with Gasteiger partial charge in [0.2, 0.25) is 0 Å². The molecule has 0 aromatic heterocycles. The third-order valence-corrected chi connectivity index (χ3v) is 2.05. The molecular formula is C13H16N2O2. The number of nitrogens with two attached hydrogens (primary N) is 1. The molecule has 0 fully saturated rings. The average Bonchev–Trinajstić information content (AvgIpc) is 2.35. The molecule has 4 heteroatoms. The summed E-state index contributed by atoms with van der Waals surface area (Å²) < 4.78 is 0. The van der Waals surface area contributed by atoms with E-state index >= 15 is 0 Å². The Hall–Kier alpha value is -2.36. The Balaban J connectivity index is 0.000000171. The minimum absolute atomic E-state index is 0.249. The van der Waals surface area contributed by atoms with Gasteiger partial charge < -0.3 is 21.3 Å². The van der Waals surface area contributed by atoms with E-state index in [0.717, 1.165) is 5.69 Å². The number of phenolic OH excluding ortho intramolecular Hbond substituents is 2. The van der Waals surface area contributed by atoms with Gasteiger partial charge >= 0.3 is 0 Å². The second kappa shape index (κ2) is 6.27. The minimum Gasteiger partial charge on any atom is -0.508 e. The standard InChI is InChI=1S/C7H9NO.C6H7NO/c1-8-6-2-4-7(9)5-3-6;7-5-1-3-6(8)4-2-5/h2-5,8-9H,1H3;1-4,8H,7H2. The van der Waals surface area contributed by atoms with Crippen molar-refractivity contribution in [2.75, 3.05) is 18.1 Å². The summed E-state index contributed by atoms with van der Waals surface area (Å²) in [6, 6.07) is 13.3. The minimum atomic E-state index is 0.249. The van der Waals surface area contributed by atoms with Gasteiger partial charge in [-0.3, -0.25) is 0 Å². The molecule has 4 nitrogen and oxygen atoms in total. The van der Waals surface area contributed by atoms with Crippen LogP contribution in [0.1, 0.15) is 0 Å². The normalized spacial score (nSPS) is 9.00. The van der Waals surface area contributed by atoms with Crippen molar-refractivity contribution in [3.8, 4) is 11.5 Å². The van der Waals surface area contributed by atoms with Gasteiger partial charge in [-0.2, -0.15) is 0 Å². The Bertz CT molecular complexity index is 417. The molecule has 0 aliphatic rings. The van der Waals surface area contributed by atoms with Crippen LogP contribution < -0.4 is 11.1 Å². The number of hydrogen-bond donors (Lipinski definition) is 4. The van der Waals surface area contributed by atoms with Gasteiger partial charge in [-0.05, 0) is 48.5 Å². The van der Waals surface area contributed by atoms with Crippen LogP contribution in [0.25, 0.3) is 0 Å². The van der Waals surface area contributed by atoms with Crippen molar-refractivity contribution < 1.29 is 10.2 Å². The van der Waals surface area contributed by atoms with Gasteiger partial charge in [-0.15, -0.1) is 0 Å². The van der Waals surface area contributed by atoms with E-state index in [1.165, 1.54) is 0 Å². The topological polar surface area (TPSA) is 78.5 Å². The van der Waals surface area contributed by atoms with Crippen LogP contribution in [0.15, 0.2) is 48.5 Å². The molecule has 0 amide bonds. The second-order valence-corrected chi connectivity index (χ2v) is 3.39. The maximum Gasteiger partial charge on any atom is 0.115 e. The molecule has 0 atom stereocenters. The zero-order valence-electron chi connectivity index (χ0n) is 9.59. The van der Waals surface area contributed by atoms with Crippen molar-refractivity contribution in [1.29, 1.82) is 0 Å². The van der Waals surface area contributed by atoms with Gasteiger partial charge in [0.1, 0.15) is 11.5 Å². The van der Waals surface area contributed by atoms with E-state index < -0.39 is 0 Å². The highest BCUT2D eigenvalue weighted by atomic mass is 16.3. The van der Waals surface area contributed by atoms with Gasteiger partial charge in [0, 0.05) is 18.4 Å². The van der Waals surface area contributed by atoms with Crippen LogP contribution in [0.3, 0.4) is 0 Å². The summed E-state index contributed by atoms with van der Waals surface area (Å²) in [6.45, 7) is 0. The molecule has 0 aliphatic carbocycles. The SMILES string of the molecule is CNc1ccc(O)cc1.Nc1ccc(O)cc1. The lowest BCUT2D eigenvalue weighted by Crippen LogP contribution is -1.84. The molecule has 5 N–H and O–H groups in total. The number of aromatic hydroxyl groups is 2. The molecule has 2 aromatic rings. The molecule has 0 radical (unpaired) electrons. The highest BCUT2D eigenvalue weighted by Gasteiger charge is 1.85. The number of nitrogen functional groups attached to an aromatic ring is 1. The summed E-state index contributed by atoms with van der Waals surface area (Å²) in [7, 11) is 1.84. The number of rotatable bonds is 1. The molecule has 0 bridgehead atoms. The number of nitrogens with one attached hydrogen (secondary N) is 1. The van der Waals surface area contributed by atoms with Crippen LogP contribution in [-0.4, -0.2) is 17.3 Å². The molecule has 0 aliphatic heterocycles. The molecule has 0 heterocycles. The Morgan fingerprint density at radius 1 is 0.824 bits per heavy atom. The van der Waals surface area contributed by atoms with Crippen molar-refractivity contribution in [3.05, 3.63) is 48.5 Å². The average molecular weight is 232 g/mol. The number of benzene rings is 2. The molecule has 17 heavy (non-hydrogen) atoms. The molecule has 2 rings (SSSR count). The van der Waals surface area contributed by atoms with Crippen LogP contribution in [0, 0.1) is 0 Å². The fourth-order valence-corrected chi connectivity index (χ4v) is 1.10. The monoisotopic (exact) mass is 232 g/mol. The largest absolute Gasteiger partial charge is 0.508 e. The first-order valence-electron chi connectivity index (χ1n) is 5.13. The predicted octanol–water partition coefficient (Wildman–Crippen LogP) is 2.41. The number of hydrogen-bond acceptors (Lipinski definition) is 4. The van der Waals surface area contributed by atoms with Crippen molar-refractivity contribution in [2.24, 2.45) is 0 Å². The summed E-state index contributed by atoms with van der Waals surface area (Å²) in [6.07, 6.45) is 0. The number of phenols is 2. The Kier molecular flexibility index (Phi) is 4.69. The fourth-order valence-electron chi connectivity index (χ4n) is 1.10. The van der Waals surface area contributed by atoms with E-state index in [2.05, 4.69) is 5.32 Å². The molecule has 2 aromatic carbocycles. The summed E-state index contributed by atoms with van der Waals surface area (Å²) in [5.74, 6) is 0.549. The molecule has 0 unspecified atom stereocenters. The summed E-state index contributed by atoms with van der Waals surface area (Å²) in [4.78, 5) is 0. The van der Waals surface area contributed by atoms with E-state index in [-0.39, 0.29) is 5.75 Å². The molecular weight excluding hydrogens is 216 g/mol. The zero-order valence-corrected chi connectivity index (χ0v) is 9.59. The third-order valence-electron chi connectivity index (χ3n) is 2.05. The quantitative estimate of drug-likeness (QED) is 0.450. The molecule has 0 saturated heterocycles. The fraction of sp³-hybridized carbons (Fsp3) is 0.0769. The van der Waals surface area contributed by atoms with Crippen LogP contribution in [0.2, 0.25) is 0 Å². The number of anilines is 2. The first-order valence-corrected chi connectivity index (χ1v) is 5.13. The maximum absolute atomic E-state index is 8.82. The maximum atomic E-state index is 8.82. The van der Waals surface area contributed by atoms with Crippen molar-refractivity contribution in [2.45, 2.75) is 0 Å². The van der Waals surface area contributed by atoms with Gasteiger partial charge in [0.05, 0.1) is 0 Å². The Morgan fingerprint density at radius 3 is 1.59 bits per heavy atom. The van der Waals surface area contributed by atoms with Gasteiger partial charge in [-0.1, -0.05) is 0 Å². The predicted molar refractivity (Wildman–Crippen MR) is 70.2 cm³/mol. The van der Waals surface area contributed by atoms with Crippen LogP contribution in [0.4, 0.5) is 11.4 Å². The zero-order chi connectivity index (χ0) is 12.7. The van der Waals surface area contributed by atoms with E-state index in [0.29, 0.717) is 11.4 Å². The first-order chi connectivity index (χ1) is 8.11. The van der Waals surface area contributed by atoms with E-state index in [1.54, 1.807) is 36.4 Å². The van der Waals surface area contributed by atoms with Crippen molar-refractivity contribution in [3.63, 3.8) is 0 Å². The van der Waals surface area contributed by atoms with E-state index in [1.807, 2.05) is 19.2 Å². The lowest BCUT2D eigenvalue weighted by Gasteiger charge is -1.96. The summed E-state index contributed by atoms with van der Waals surface area (Å²) >= 11 is 0. The molecule has 0 saturated carbocycles. The Morgan fingerprint density at radius 2 is 1.24 bits per heavy atom. The molecule has 0 spiro atoms. The smallest absolute Gasteiger partial charge is 0.115 e. The van der Waals surface area contributed by atoms with Crippen molar-refractivity contribution >= 4 is 11.4 Å². The first kappa shape index (κ1) is 12.7. The van der Waals surface area contributed by atoms with Gasteiger partial charge in [0.25, 0.3) is 0 Å². The lowest BCUT2D eigenvalue weighted by molar-refractivity contribution is 0.475. The third kappa shape index (κ3) is 4.79. The summed E-state index contributed by atoms with van der Waals surface area (Å²) in [5, 5.41) is 20.5. The van der Waals surface area contributed by atoms with Crippen molar-refractivity contribution in [1.82, 2.24) is 0 Å². The van der Waals surface area contributed by atoms with E-state index in [9.17, 15) is 0 Å². The van der Waals surface area contributed by atoms with E-state index in [4.69, 9.17) is 15.9 Å². The summed E-state index contributed by atoms with van der Waals surface area (Å²) in [5.41, 5.74) is 6.99. The second-order valence-electron chi connectivity index (χ2n) is 3.39. The van der Waals surface area contributed by atoms with Gasteiger partial charge in [0.15, 0.2) is 0 Å². The Labute approximate surface area is 100 Å². The lowest BCUT2D eigenvalue weighted by atomic mass is 10.3.